The minimum Gasteiger partial charge on any atom is -0.322 e. The Morgan fingerprint density at radius 2 is 1.50 bits per heavy atom. The molecule has 0 bridgehead atoms. The zero-order valence-electron chi connectivity index (χ0n) is 16.2. The van der Waals surface area contributed by atoms with E-state index >= 15 is 0 Å². The molecule has 1 saturated carbocycles. The van der Waals surface area contributed by atoms with E-state index in [9.17, 15) is 14.4 Å². The molecular weight excluding hydrogens is 352 g/mol. The van der Waals surface area contributed by atoms with Gasteiger partial charge in [-0.2, -0.15) is 0 Å². The fourth-order valence-electron chi connectivity index (χ4n) is 4.20. The van der Waals surface area contributed by atoms with E-state index in [2.05, 4.69) is 5.32 Å². The van der Waals surface area contributed by atoms with Gasteiger partial charge in [0.25, 0.3) is 5.91 Å². The maximum atomic E-state index is 12.7. The lowest BCUT2D eigenvalue weighted by Gasteiger charge is -2.19. The average Bonchev–Trinajstić information content (AvgIpc) is 2.96. The zero-order valence-corrected chi connectivity index (χ0v) is 16.2. The normalized spacial score (nSPS) is 21.6. The summed E-state index contributed by atoms with van der Waals surface area (Å²) in [7, 11) is 0. The number of rotatable bonds is 3. The summed E-state index contributed by atoms with van der Waals surface area (Å²) in [6, 6.07) is 12.5. The van der Waals surface area contributed by atoms with E-state index < -0.39 is 0 Å². The standard InChI is InChI=1S/C23H24N2O3/c1-14-7-10-17(13-15(14)2)24-21(26)16-8-11-18(12-9-16)25-22(27)19-5-3-4-6-20(19)23(25)28/h7-13,19-20H,3-6H2,1-2H3,(H,24,26)/t19-,20-/m0/s1. The molecule has 2 aliphatic rings. The molecule has 5 nitrogen and oxygen atoms in total. The monoisotopic (exact) mass is 376 g/mol. The summed E-state index contributed by atoms with van der Waals surface area (Å²) in [6.45, 7) is 4.03. The Hall–Kier alpha value is -2.95. The van der Waals surface area contributed by atoms with Crippen LogP contribution in [0.5, 0.6) is 0 Å². The van der Waals surface area contributed by atoms with Gasteiger partial charge in [-0.3, -0.25) is 19.3 Å². The first-order valence-corrected chi connectivity index (χ1v) is 9.82. The summed E-state index contributed by atoms with van der Waals surface area (Å²) in [5.41, 5.74) is 4.06. The number of carbonyl (C=O) groups is 3. The summed E-state index contributed by atoms with van der Waals surface area (Å²) < 4.78 is 0. The van der Waals surface area contributed by atoms with E-state index in [0.717, 1.165) is 36.9 Å². The van der Waals surface area contributed by atoms with Gasteiger partial charge in [0, 0.05) is 11.3 Å². The molecule has 1 heterocycles. The van der Waals surface area contributed by atoms with Crippen molar-refractivity contribution in [2.24, 2.45) is 11.8 Å². The molecule has 2 fully saturated rings. The molecule has 28 heavy (non-hydrogen) atoms. The highest BCUT2D eigenvalue weighted by Gasteiger charge is 2.48. The van der Waals surface area contributed by atoms with Gasteiger partial charge in [0.15, 0.2) is 0 Å². The van der Waals surface area contributed by atoms with Gasteiger partial charge in [-0.15, -0.1) is 0 Å². The van der Waals surface area contributed by atoms with Crippen LogP contribution in [0, 0.1) is 25.7 Å². The number of hydrogen-bond donors (Lipinski definition) is 1. The third-order valence-electron chi connectivity index (χ3n) is 5.99. The van der Waals surface area contributed by atoms with Crippen LogP contribution >= 0.6 is 0 Å². The highest BCUT2D eigenvalue weighted by Crippen LogP contribution is 2.40. The second-order valence-corrected chi connectivity index (χ2v) is 7.81. The van der Waals surface area contributed by atoms with Crippen molar-refractivity contribution in [1.29, 1.82) is 0 Å². The molecule has 4 rings (SSSR count). The topological polar surface area (TPSA) is 66.5 Å². The Morgan fingerprint density at radius 3 is 2.07 bits per heavy atom. The Kier molecular flexibility index (Phi) is 4.75. The number of carbonyl (C=O) groups excluding carboxylic acids is 3. The van der Waals surface area contributed by atoms with Crippen LogP contribution in [0.4, 0.5) is 11.4 Å². The first kappa shape index (κ1) is 18.4. The molecule has 144 valence electrons. The fourth-order valence-corrected chi connectivity index (χ4v) is 4.20. The van der Waals surface area contributed by atoms with Crippen molar-refractivity contribution in [3.8, 4) is 0 Å². The van der Waals surface area contributed by atoms with E-state index in [1.54, 1.807) is 24.3 Å². The van der Waals surface area contributed by atoms with Crippen molar-refractivity contribution in [2.75, 3.05) is 10.2 Å². The van der Waals surface area contributed by atoms with Crippen molar-refractivity contribution in [3.63, 3.8) is 0 Å². The van der Waals surface area contributed by atoms with Crippen molar-refractivity contribution in [1.82, 2.24) is 0 Å². The Morgan fingerprint density at radius 1 is 0.893 bits per heavy atom. The summed E-state index contributed by atoms with van der Waals surface area (Å²) in [4.78, 5) is 39.2. The van der Waals surface area contributed by atoms with Crippen LogP contribution in [0.1, 0.15) is 47.2 Å². The lowest BCUT2D eigenvalue weighted by molar-refractivity contribution is -0.122. The van der Waals surface area contributed by atoms with Gasteiger partial charge in [0.2, 0.25) is 11.8 Å². The molecule has 1 N–H and O–H groups in total. The highest BCUT2D eigenvalue weighted by atomic mass is 16.2. The van der Waals surface area contributed by atoms with Crippen molar-refractivity contribution < 1.29 is 14.4 Å². The van der Waals surface area contributed by atoms with Gasteiger partial charge in [0.05, 0.1) is 17.5 Å². The maximum Gasteiger partial charge on any atom is 0.255 e. The fraction of sp³-hybridized carbons (Fsp3) is 0.348. The predicted molar refractivity (Wildman–Crippen MR) is 108 cm³/mol. The van der Waals surface area contributed by atoms with E-state index in [1.165, 1.54) is 10.5 Å². The van der Waals surface area contributed by atoms with Gasteiger partial charge in [-0.25, -0.2) is 0 Å². The van der Waals surface area contributed by atoms with Crippen molar-refractivity contribution in [3.05, 3.63) is 59.2 Å². The number of fused-ring (bicyclic) bond motifs is 1. The molecule has 2 aromatic rings. The van der Waals surface area contributed by atoms with E-state index in [-0.39, 0.29) is 29.6 Å². The number of nitrogens with zero attached hydrogens (tertiary/aromatic N) is 1. The Bertz CT molecular complexity index is 925. The lowest BCUT2D eigenvalue weighted by atomic mass is 9.81. The van der Waals surface area contributed by atoms with E-state index in [0.29, 0.717) is 11.3 Å². The number of anilines is 2. The van der Waals surface area contributed by atoms with Crippen molar-refractivity contribution >= 4 is 29.1 Å². The van der Waals surface area contributed by atoms with Crippen LogP contribution in [0.2, 0.25) is 0 Å². The van der Waals surface area contributed by atoms with Gasteiger partial charge in [-0.05, 0) is 74.2 Å². The summed E-state index contributed by atoms with van der Waals surface area (Å²) >= 11 is 0. The number of hydrogen-bond acceptors (Lipinski definition) is 3. The van der Waals surface area contributed by atoms with Gasteiger partial charge in [-0.1, -0.05) is 18.9 Å². The molecular formula is C23H24N2O3. The van der Waals surface area contributed by atoms with Gasteiger partial charge >= 0.3 is 0 Å². The first-order chi connectivity index (χ1) is 13.5. The quantitative estimate of drug-likeness (QED) is 0.815. The Balaban J connectivity index is 1.50. The third kappa shape index (κ3) is 3.21. The molecule has 3 amide bonds. The predicted octanol–water partition coefficient (Wildman–Crippen LogP) is 4.24. The van der Waals surface area contributed by atoms with Crippen LogP contribution < -0.4 is 10.2 Å². The van der Waals surface area contributed by atoms with Crippen LogP contribution in [0.25, 0.3) is 0 Å². The van der Waals surface area contributed by atoms with Crippen LogP contribution in [0.3, 0.4) is 0 Å². The number of aryl methyl sites for hydroxylation is 2. The van der Waals surface area contributed by atoms with Crippen LogP contribution in [0.15, 0.2) is 42.5 Å². The minimum absolute atomic E-state index is 0.0953. The van der Waals surface area contributed by atoms with Crippen LogP contribution in [-0.2, 0) is 9.59 Å². The second kappa shape index (κ2) is 7.23. The molecule has 1 aliphatic heterocycles. The minimum atomic E-state index is -0.220. The van der Waals surface area contributed by atoms with Gasteiger partial charge < -0.3 is 5.32 Å². The molecule has 0 spiro atoms. The zero-order chi connectivity index (χ0) is 19.8. The average molecular weight is 376 g/mol. The largest absolute Gasteiger partial charge is 0.322 e. The molecule has 1 saturated heterocycles. The summed E-state index contributed by atoms with van der Waals surface area (Å²) in [6.07, 6.45) is 3.60. The summed E-state index contributed by atoms with van der Waals surface area (Å²) in [5, 5.41) is 2.89. The SMILES string of the molecule is Cc1ccc(NC(=O)c2ccc(N3C(=O)[C@H]4CCCC[C@@H]4C3=O)cc2)cc1C. The molecule has 5 heteroatoms. The smallest absolute Gasteiger partial charge is 0.255 e. The lowest BCUT2D eigenvalue weighted by Crippen LogP contribution is -2.30. The van der Waals surface area contributed by atoms with E-state index in [1.807, 2.05) is 32.0 Å². The second-order valence-electron chi connectivity index (χ2n) is 7.81. The third-order valence-corrected chi connectivity index (χ3v) is 5.99. The highest BCUT2D eigenvalue weighted by molar-refractivity contribution is 6.22. The molecule has 1 aliphatic carbocycles. The summed E-state index contributed by atoms with van der Waals surface area (Å²) in [5.74, 6) is -0.755. The number of nitrogens with one attached hydrogen (secondary N) is 1. The van der Waals surface area contributed by atoms with E-state index in [4.69, 9.17) is 0 Å². The molecule has 0 aromatic heterocycles. The molecule has 2 atom stereocenters. The first-order valence-electron chi connectivity index (χ1n) is 9.82. The molecule has 0 radical (unpaired) electrons. The van der Waals surface area contributed by atoms with Crippen LogP contribution in [-0.4, -0.2) is 17.7 Å². The van der Waals surface area contributed by atoms with Crippen molar-refractivity contribution in [2.45, 2.75) is 39.5 Å². The van der Waals surface area contributed by atoms with Gasteiger partial charge in [0.1, 0.15) is 0 Å². The molecule has 0 unspecified atom stereocenters. The maximum absolute atomic E-state index is 12.7. The number of imide groups is 1. The number of benzene rings is 2. The molecule has 2 aromatic carbocycles. The Labute approximate surface area is 164 Å². The number of amides is 3.